The second-order valence-electron chi connectivity index (χ2n) is 4.16. The Hall–Kier alpha value is -0.700. The van der Waals surface area contributed by atoms with Crippen LogP contribution in [-0.4, -0.2) is 31.4 Å². The average molecular weight is 235 g/mol. The molecule has 1 amide bonds. The van der Waals surface area contributed by atoms with E-state index in [0.717, 1.165) is 18.5 Å². The average Bonchev–Trinajstić information content (AvgIpc) is 2.10. The molecule has 0 aliphatic rings. The van der Waals surface area contributed by atoms with E-state index < -0.39 is 0 Å². The molecule has 0 fully saturated rings. The number of amides is 1. The minimum atomic E-state index is 0. The molecule has 3 nitrogen and oxygen atoms in total. The van der Waals surface area contributed by atoms with Crippen molar-refractivity contribution in [3.63, 3.8) is 0 Å². The maximum atomic E-state index is 11.4. The quantitative estimate of drug-likeness (QED) is 0.583. The summed E-state index contributed by atoms with van der Waals surface area (Å²) in [6.07, 6.45) is 2.92. The zero-order chi connectivity index (χ0) is 11.1. The molecule has 4 heteroatoms. The van der Waals surface area contributed by atoms with Crippen LogP contribution in [0, 0.1) is 5.92 Å². The lowest BCUT2D eigenvalue weighted by molar-refractivity contribution is -0.124. The summed E-state index contributed by atoms with van der Waals surface area (Å²) in [7, 11) is 3.52. The van der Waals surface area contributed by atoms with Crippen LogP contribution in [-0.2, 0) is 4.79 Å². The van der Waals surface area contributed by atoms with E-state index in [4.69, 9.17) is 0 Å². The number of nitrogens with one attached hydrogen (secondary N) is 1. The maximum absolute atomic E-state index is 11.4. The van der Waals surface area contributed by atoms with E-state index in [1.807, 2.05) is 6.92 Å². The van der Waals surface area contributed by atoms with Gasteiger partial charge in [0.2, 0.25) is 5.91 Å². The number of carbonyl (C=O) groups is 1. The zero-order valence-electron chi connectivity index (χ0n) is 10.3. The Morgan fingerprint density at radius 1 is 1.40 bits per heavy atom. The van der Waals surface area contributed by atoms with Crippen molar-refractivity contribution in [1.29, 1.82) is 0 Å². The smallest absolute Gasteiger partial charge is 0.250 e. The SMILES string of the molecule is CC(=CNCCC(C)C)C(=O)N(C)C.Cl. The molecule has 0 saturated carbocycles. The molecule has 15 heavy (non-hydrogen) atoms. The molecule has 1 N–H and O–H groups in total. The van der Waals surface area contributed by atoms with Gasteiger partial charge in [-0.15, -0.1) is 12.4 Å². The minimum Gasteiger partial charge on any atom is -0.391 e. The number of likely N-dealkylation sites (N-methyl/N-ethyl adjacent to an activating group) is 1. The van der Waals surface area contributed by atoms with Crippen LogP contribution < -0.4 is 5.32 Å². The molecule has 0 aliphatic carbocycles. The molecule has 0 aromatic carbocycles. The molecule has 0 spiro atoms. The van der Waals surface area contributed by atoms with Crippen LogP contribution in [0.5, 0.6) is 0 Å². The molecule has 0 saturated heterocycles. The Balaban J connectivity index is 0. The highest BCUT2D eigenvalue weighted by atomic mass is 35.5. The fourth-order valence-electron chi connectivity index (χ4n) is 1.01. The first-order chi connectivity index (χ1) is 6.45. The summed E-state index contributed by atoms with van der Waals surface area (Å²) in [5.41, 5.74) is 0.749. The summed E-state index contributed by atoms with van der Waals surface area (Å²) in [6, 6.07) is 0. The summed E-state index contributed by atoms with van der Waals surface area (Å²) in [4.78, 5) is 13.0. The van der Waals surface area contributed by atoms with Gasteiger partial charge in [0.25, 0.3) is 0 Å². The number of rotatable bonds is 5. The van der Waals surface area contributed by atoms with Gasteiger partial charge in [0, 0.05) is 32.4 Å². The topological polar surface area (TPSA) is 32.3 Å². The van der Waals surface area contributed by atoms with E-state index in [-0.39, 0.29) is 18.3 Å². The van der Waals surface area contributed by atoms with Crippen molar-refractivity contribution < 1.29 is 4.79 Å². The lowest BCUT2D eigenvalue weighted by Crippen LogP contribution is -2.23. The third kappa shape index (κ3) is 8.30. The van der Waals surface area contributed by atoms with Crippen molar-refractivity contribution in [2.45, 2.75) is 27.2 Å². The van der Waals surface area contributed by atoms with Gasteiger partial charge in [-0.3, -0.25) is 4.79 Å². The number of carbonyl (C=O) groups excluding carboxylic acids is 1. The highest BCUT2D eigenvalue weighted by Crippen LogP contribution is 1.98. The normalized spacial score (nSPS) is 10.9. The molecule has 0 atom stereocenters. The molecule has 0 rings (SSSR count). The first-order valence-electron chi connectivity index (χ1n) is 5.07. The van der Waals surface area contributed by atoms with Crippen molar-refractivity contribution in [2.75, 3.05) is 20.6 Å². The predicted molar refractivity (Wildman–Crippen MR) is 67.2 cm³/mol. The van der Waals surface area contributed by atoms with E-state index >= 15 is 0 Å². The lowest BCUT2D eigenvalue weighted by atomic mass is 10.1. The molecule has 0 aromatic heterocycles. The fraction of sp³-hybridized carbons (Fsp3) is 0.727. The van der Waals surface area contributed by atoms with Gasteiger partial charge in [0.1, 0.15) is 0 Å². The predicted octanol–water partition coefficient (Wildman–Crippen LogP) is 2.04. The van der Waals surface area contributed by atoms with Crippen LogP contribution in [0.2, 0.25) is 0 Å². The van der Waals surface area contributed by atoms with Crippen molar-refractivity contribution >= 4 is 18.3 Å². The summed E-state index contributed by atoms with van der Waals surface area (Å²) in [5.74, 6) is 0.753. The van der Waals surface area contributed by atoms with Crippen LogP contribution >= 0.6 is 12.4 Å². The number of hydrogen-bond donors (Lipinski definition) is 1. The Labute approximate surface area is 99.3 Å². The monoisotopic (exact) mass is 234 g/mol. The van der Waals surface area contributed by atoms with Gasteiger partial charge in [-0.25, -0.2) is 0 Å². The van der Waals surface area contributed by atoms with Crippen molar-refractivity contribution in [3.8, 4) is 0 Å². The van der Waals surface area contributed by atoms with Gasteiger partial charge >= 0.3 is 0 Å². The molecule has 0 bridgehead atoms. The summed E-state index contributed by atoms with van der Waals surface area (Å²) in [6.45, 7) is 7.12. The van der Waals surface area contributed by atoms with Crippen LogP contribution in [0.1, 0.15) is 27.2 Å². The molecular weight excluding hydrogens is 212 g/mol. The van der Waals surface area contributed by atoms with E-state index in [2.05, 4.69) is 19.2 Å². The largest absolute Gasteiger partial charge is 0.391 e. The van der Waals surface area contributed by atoms with Gasteiger partial charge in [-0.2, -0.15) is 0 Å². The minimum absolute atomic E-state index is 0. The fourth-order valence-corrected chi connectivity index (χ4v) is 1.01. The van der Waals surface area contributed by atoms with Gasteiger partial charge in [-0.1, -0.05) is 13.8 Å². The summed E-state index contributed by atoms with van der Waals surface area (Å²) >= 11 is 0. The van der Waals surface area contributed by atoms with Crippen LogP contribution in [0.25, 0.3) is 0 Å². The zero-order valence-corrected chi connectivity index (χ0v) is 11.1. The van der Waals surface area contributed by atoms with Gasteiger partial charge < -0.3 is 10.2 Å². The standard InChI is InChI=1S/C11H22N2O.ClH/c1-9(2)6-7-12-8-10(3)11(14)13(4)5;/h8-9,12H,6-7H2,1-5H3;1H. The second-order valence-corrected chi connectivity index (χ2v) is 4.16. The van der Waals surface area contributed by atoms with Crippen LogP contribution in [0.15, 0.2) is 11.8 Å². The third-order valence-corrected chi connectivity index (χ3v) is 1.93. The first kappa shape index (κ1) is 16.7. The molecule has 0 aliphatic heterocycles. The highest BCUT2D eigenvalue weighted by Gasteiger charge is 2.04. The third-order valence-electron chi connectivity index (χ3n) is 1.93. The number of halogens is 1. The molecule has 0 radical (unpaired) electrons. The van der Waals surface area contributed by atoms with E-state index in [0.29, 0.717) is 5.92 Å². The second kappa shape index (κ2) is 8.60. The lowest BCUT2D eigenvalue weighted by Gasteiger charge is -2.11. The van der Waals surface area contributed by atoms with Gasteiger partial charge in [0.15, 0.2) is 0 Å². The Morgan fingerprint density at radius 2 is 1.93 bits per heavy atom. The molecular formula is C11H23ClN2O. The summed E-state index contributed by atoms with van der Waals surface area (Å²) in [5, 5.41) is 3.14. The Morgan fingerprint density at radius 3 is 2.33 bits per heavy atom. The first-order valence-corrected chi connectivity index (χ1v) is 5.07. The van der Waals surface area contributed by atoms with Gasteiger partial charge in [-0.05, 0) is 19.3 Å². The molecule has 0 aromatic rings. The summed E-state index contributed by atoms with van der Waals surface area (Å²) < 4.78 is 0. The van der Waals surface area contributed by atoms with E-state index in [1.54, 1.807) is 25.2 Å². The Kier molecular flexibility index (Phi) is 9.58. The van der Waals surface area contributed by atoms with E-state index in [1.165, 1.54) is 0 Å². The van der Waals surface area contributed by atoms with E-state index in [9.17, 15) is 4.79 Å². The highest BCUT2D eigenvalue weighted by molar-refractivity contribution is 5.92. The van der Waals surface area contributed by atoms with Gasteiger partial charge in [0.05, 0.1) is 0 Å². The van der Waals surface area contributed by atoms with Crippen LogP contribution in [0.3, 0.4) is 0 Å². The number of nitrogens with zero attached hydrogens (tertiary/aromatic N) is 1. The molecule has 90 valence electrons. The maximum Gasteiger partial charge on any atom is 0.250 e. The Bertz CT molecular complexity index is 213. The van der Waals surface area contributed by atoms with Crippen molar-refractivity contribution in [3.05, 3.63) is 11.8 Å². The molecule has 0 heterocycles. The number of hydrogen-bond acceptors (Lipinski definition) is 2. The van der Waals surface area contributed by atoms with Crippen molar-refractivity contribution in [2.24, 2.45) is 5.92 Å². The van der Waals surface area contributed by atoms with Crippen molar-refractivity contribution in [1.82, 2.24) is 10.2 Å². The van der Waals surface area contributed by atoms with Crippen LogP contribution in [0.4, 0.5) is 0 Å². The molecule has 0 unspecified atom stereocenters.